The Morgan fingerprint density at radius 3 is 2.40 bits per heavy atom. The molecule has 1 saturated heterocycles. The molecule has 1 aliphatic rings. The van der Waals surface area contributed by atoms with Crippen LogP contribution in [0.1, 0.15) is 15.9 Å². The molecule has 3 aromatic rings. The molecule has 0 bridgehead atoms. The van der Waals surface area contributed by atoms with Gasteiger partial charge < -0.3 is 10.1 Å². The van der Waals surface area contributed by atoms with Gasteiger partial charge in [-0.3, -0.25) is 4.79 Å². The molecule has 1 aliphatic heterocycles. The minimum atomic E-state index is -3.49. The Hall–Kier alpha value is -2.74. The third-order valence-electron chi connectivity index (χ3n) is 5.26. The summed E-state index contributed by atoms with van der Waals surface area (Å²) in [6, 6.07) is 20.4. The first-order chi connectivity index (χ1) is 14.6. The molecular weight excluding hydrogens is 400 g/mol. The van der Waals surface area contributed by atoms with Crippen molar-refractivity contribution >= 4 is 26.7 Å². The predicted octanol–water partition coefficient (Wildman–Crippen LogP) is 2.83. The lowest BCUT2D eigenvalue weighted by molar-refractivity contribution is 0.0730. The summed E-state index contributed by atoms with van der Waals surface area (Å²) in [6.45, 7) is 2.08. The van der Waals surface area contributed by atoms with E-state index in [2.05, 4.69) is 5.32 Å². The summed E-state index contributed by atoms with van der Waals surface area (Å²) < 4.78 is 32.0. The first-order valence-corrected chi connectivity index (χ1v) is 11.4. The molecule has 30 heavy (non-hydrogen) atoms. The van der Waals surface area contributed by atoms with E-state index in [4.69, 9.17) is 4.74 Å². The highest BCUT2D eigenvalue weighted by molar-refractivity contribution is 7.89. The number of nitrogens with one attached hydrogen (secondary N) is 1. The number of ether oxygens (including phenoxy) is 1. The molecule has 0 aliphatic carbocycles. The van der Waals surface area contributed by atoms with Gasteiger partial charge in [0, 0.05) is 25.2 Å². The number of morpholine rings is 1. The number of amides is 1. The average molecular weight is 425 g/mol. The van der Waals surface area contributed by atoms with Gasteiger partial charge in [-0.2, -0.15) is 4.31 Å². The minimum absolute atomic E-state index is 0.113. The van der Waals surface area contributed by atoms with Crippen LogP contribution in [-0.2, 0) is 21.2 Å². The maximum Gasteiger partial charge on any atom is 0.251 e. The topological polar surface area (TPSA) is 75.7 Å². The number of hydrogen-bond acceptors (Lipinski definition) is 4. The molecule has 1 amide bonds. The van der Waals surface area contributed by atoms with Crippen molar-refractivity contribution in [2.24, 2.45) is 0 Å². The van der Waals surface area contributed by atoms with Crippen LogP contribution in [-0.4, -0.2) is 51.5 Å². The van der Waals surface area contributed by atoms with Crippen LogP contribution in [0.25, 0.3) is 10.8 Å². The highest BCUT2D eigenvalue weighted by Gasteiger charge is 2.26. The summed E-state index contributed by atoms with van der Waals surface area (Å²) in [4.78, 5) is 12.9. The van der Waals surface area contributed by atoms with E-state index >= 15 is 0 Å². The molecule has 1 fully saturated rings. The molecule has 0 radical (unpaired) electrons. The zero-order valence-electron chi connectivity index (χ0n) is 16.6. The Balaban J connectivity index is 1.37. The number of carbonyl (C=O) groups excluding carboxylic acids is 1. The van der Waals surface area contributed by atoms with Crippen molar-refractivity contribution in [3.05, 3.63) is 77.9 Å². The van der Waals surface area contributed by atoms with Crippen molar-refractivity contribution in [2.45, 2.75) is 11.3 Å². The Morgan fingerprint density at radius 2 is 1.63 bits per heavy atom. The number of hydrogen-bond donors (Lipinski definition) is 1. The second-order valence-corrected chi connectivity index (χ2v) is 9.13. The summed E-state index contributed by atoms with van der Waals surface area (Å²) in [5, 5.41) is 4.91. The number of nitrogens with zero attached hydrogens (tertiary/aromatic N) is 1. The summed E-state index contributed by atoms with van der Waals surface area (Å²) in [7, 11) is -3.49. The Morgan fingerprint density at radius 1 is 0.933 bits per heavy atom. The summed E-state index contributed by atoms with van der Waals surface area (Å²) in [5.41, 5.74) is 1.62. The lowest BCUT2D eigenvalue weighted by Gasteiger charge is -2.26. The first-order valence-electron chi connectivity index (χ1n) is 9.98. The zero-order valence-corrected chi connectivity index (χ0v) is 17.4. The molecule has 0 atom stereocenters. The van der Waals surface area contributed by atoms with Gasteiger partial charge in [0.2, 0.25) is 10.0 Å². The van der Waals surface area contributed by atoms with Crippen LogP contribution in [0.5, 0.6) is 0 Å². The third kappa shape index (κ3) is 4.38. The summed E-state index contributed by atoms with van der Waals surface area (Å²) in [5.74, 6) is -0.113. The van der Waals surface area contributed by atoms with E-state index in [1.54, 1.807) is 24.3 Å². The van der Waals surface area contributed by atoms with E-state index in [0.717, 1.165) is 16.3 Å². The van der Waals surface area contributed by atoms with Crippen molar-refractivity contribution in [3.63, 3.8) is 0 Å². The molecule has 6 nitrogen and oxygen atoms in total. The normalized spacial score (nSPS) is 15.2. The maximum atomic E-state index is 12.7. The molecule has 1 N–H and O–H groups in total. The van der Waals surface area contributed by atoms with Gasteiger partial charge in [-0.1, -0.05) is 48.5 Å². The molecular formula is C23H24N2O4S. The first kappa shape index (κ1) is 20.5. The van der Waals surface area contributed by atoms with E-state index in [1.165, 1.54) is 4.31 Å². The van der Waals surface area contributed by atoms with Gasteiger partial charge in [0.05, 0.1) is 18.1 Å². The average Bonchev–Trinajstić information content (AvgIpc) is 2.79. The van der Waals surface area contributed by atoms with Crippen LogP contribution in [0.3, 0.4) is 0 Å². The Bertz CT molecular complexity index is 1130. The van der Waals surface area contributed by atoms with Crippen LogP contribution in [0.2, 0.25) is 0 Å². The van der Waals surface area contributed by atoms with Crippen LogP contribution in [0.15, 0.2) is 71.6 Å². The van der Waals surface area contributed by atoms with Gasteiger partial charge >= 0.3 is 0 Å². The van der Waals surface area contributed by atoms with E-state index in [1.807, 2.05) is 42.5 Å². The predicted molar refractivity (Wildman–Crippen MR) is 116 cm³/mol. The number of benzene rings is 3. The molecule has 7 heteroatoms. The van der Waals surface area contributed by atoms with Crippen molar-refractivity contribution in [3.8, 4) is 0 Å². The second-order valence-electron chi connectivity index (χ2n) is 7.19. The maximum absolute atomic E-state index is 12.7. The fraction of sp³-hybridized carbons (Fsp3) is 0.261. The van der Waals surface area contributed by atoms with Crippen molar-refractivity contribution in [2.75, 3.05) is 32.8 Å². The second kappa shape index (κ2) is 8.95. The number of fused-ring (bicyclic) bond motifs is 1. The molecule has 0 saturated carbocycles. The van der Waals surface area contributed by atoms with Gasteiger partial charge in [-0.05, 0) is 41.0 Å². The fourth-order valence-electron chi connectivity index (χ4n) is 3.60. The van der Waals surface area contributed by atoms with Crippen molar-refractivity contribution < 1.29 is 17.9 Å². The standard InChI is InChI=1S/C23H24N2O4S/c26-23(22-7-3-5-19-4-1-2-6-21(19)22)24-13-12-18-8-10-20(11-9-18)30(27,28)25-14-16-29-17-15-25/h1-11H,12-17H2,(H,24,26). The van der Waals surface area contributed by atoms with Crippen LogP contribution < -0.4 is 5.32 Å². The lowest BCUT2D eigenvalue weighted by Crippen LogP contribution is -2.40. The molecule has 0 unspecified atom stereocenters. The molecule has 1 heterocycles. The Labute approximate surface area is 176 Å². The van der Waals surface area contributed by atoms with Gasteiger partial charge in [0.15, 0.2) is 0 Å². The monoisotopic (exact) mass is 424 g/mol. The highest BCUT2D eigenvalue weighted by Crippen LogP contribution is 2.19. The van der Waals surface area contributed by atoms with Crippen molar-refractivity contribution in [1.82, 2.24) is 9.62 Å². The van der Waals surface area contributed by atoms with E-state index in [-0.39, 0.29) is 10.8 Å². The van der Waals surface area contributed by atoms with E-state index < -0.39 is 10.0 Å². The largest absolute Gasteiger partial charge is 0.379 e. The Kier molecular flexibility index (Phi) is 6.13. The quantitative estimate of drug-likeness (QED) is 0.660. The molecule has 156 valence electrons. The van der Waals surface area contributed by atoms with Crippen LogP contribution >= 0.6 is 0 Å². The van der Waals surface area contributed by atoms with Crippen LogP contribution in [0, 0.1) is 0 Å². The van der Waals surface area contributed by atoms with Crippen molar-refractivity contribution in [1.29, 1.82) is 0 Å². The smallest absolute Gasteiger partial charge is 0.251 e. The minimum Gasteiger partial charge on any atom is -0.379 e. The fourth-order valence-corrected chi connectivity index (χ4v) is 5.01. The number of sulfonamides is 1. The van der Waals surface area contributed by atoms with Gasteiger partial charge in [-0.15, -0.1) is 0 Å². The van der Waals surface area contributed by atoms with Gasteiger partial charge in [0.25, 0.3) is 5.91 Å². The lowest BCUT2D eigenvalue weighted by atomic mass is 10.0. The number of rotatable bonds is 6. The summed E-state index contributed by atoms with van der Waals surface area (Å²) in [6.07, 6.45) is 0.619. The van der Waals surface area contributed by atoms with Gasteiger partial charge in [-0.25, -0.2) is 8.42 Å². The zero-order chi connectivity index (χ0) is 21.0. The van der Waals surface area contributed by atoms with E-state index in [9.17, 15) is 13.2 Å². The molecule has 4 rings (SSSR count). The summed E-state index contributed by atoms with van der Waals surface area (Å²) >= 11 is 0. The van der Waals surface area contributed by atoms with Gasteiger partial charge in [0.1, 0.15) is 0 Å². The van der Waals surface area contributed by atoms with Crippen LogP contribution in [0.4, 0.5) is 0 Å². The third-order valence-corrected chi connectivity index (χ3v) is 7.18. The van der Waals surface area contributed by atoms with E-state index in [0.29, 0.717) is 44.8 Å². The molecule has 0 spiro atoms. The molecule has 0 aromatic heterocycles. The molecule has 3 aromatic carbocycles. The SMILES string of the molecule is O=C(NCCc1ccc(S(=O)(=O)N2CCOCC2)cc1)c1cccc2ccccc12. The highest BCUT2D eigenvalue weighted by atomic mass is 32.2. The number of carbonyl (C=O) groups is 1.